The maximum atomic E-state index is 11.1. The fraction of sp³-hybridized carbons (Fsp3) is 0.429. The third-order valence-electron chi connectivity index (χ3n) is 3.62. The normalized spacial score (nSPS) is 19.2. The van der Waals surface area contributed by atoms with Gasteiger partial charge < -0.3 is 9.64 Å². The number of nitro groups is 1. The summed E-state index contributed by atoms with van der Waals surface area (Å²) in [5.41, 5.74) is 0.461. The van der Waals surface area contributed by atoms with E-state index in [9.17, 15) is 10.1 Å². The van der Waals surface area contributed by atoms with Crippen molar-refractivity contribution in [2.24, 2.45) is 0 Å². The predicted molar refractivity (Wildman–Crippen MR) is 83.4 cm³/mol. The lowest BCUT2D eigenvalue weighted by Gasteiger charge is -2.24. The van der Waals surface area contributed by atoms with Crippen molar-refractivity contribution in [2.45, 2.75) is 19.4 Å². The Morgan fingerprint density at radius 1 is 1.45 bits per heavy atom. The molecule has 0 unspecified atom stereocenters. The quantitative estimate of drug-likeness (QED) is 0.624. The molecular formula is C14H15ClN4O3. The topological polar surface area (TPSA) is 81.4 Å². The molecule has 0 bridgehead atoms. The highest BCUT2D eigenvalue weighted by Crippen LogP contribution is 2.32. The maximum Gasteiger partial charge on any atom is 0.271 e. The van der Waals surface area contributed by atoms with Crippen molar-refractivity contribution in [3.8, 4) is 0 Å². The molecular weight excluding hydrogens is 308 g/mol. The first-order chi connectivity index (χ1) is 10.6. The standard InChI is InChI=1S/C14H15ClN4O3/c1-9-7-18(3-2-4-22-9)14-11-5-10(19(20)21)6-12(15)13(11)16-8-17-14/h5-6,8-9H,2-4,7H2,1H3/t9-/m0/s1. The molecule has 22 heavy (non-hydrogen) atoms. The Labute approximate surface area is 132 Å². The van der Waals surface area contributed by atoms with Crippen LogP contribution in [-0.2, 0) is 4.74 Å². The monoisotopic (exact) mass is 322 g/mol. The summed E-state index contributed by atoms with van der Waals surface area (Å²) in [5, 5.41) is 11.9. The number of hydrogen-bond acceptors (Lipinski definition) is 6. The van der Waals surface area contributed by atoms with Crippen LogP contribution in [0.3, 0.4) is 0 Å². The van der Waals surface area contributed by atoms with Crippen molar-refractivity contribution in [2.75, 3.05) is 24.6 Å². The van der Waals surface area contributed by atoms with Gasteiger partial charge in [0.2, 0.25) is 0 Å². The first-order valence-electron chi connectivity index (χ1n) is 7.01. The van der Waals surface area contributed by atoms with Gasteiger partial charge in [-0.1, -0.05) is 11.6 Å². The van der Waals surface area contributed by atoms with E-state index >= 15 is 0 Å². The van der Waals surface area contributed by atoms with Crippen LogP contribution >= 0.6 is 11.6 Å². The van der Waals surface area contributed by atoms with Crippen molar-refractivity contribution in [1.29, 1.82) is 0 Å². The van der Waals surface area contributed by atoms with Crippen molar-refractivity contribution < 1.29 is 9.66 Å². The van der Waals surface area contributed by atoms with Crippen LogP contribution in [0.1, 0.15) is 13.3 Å². The van der Waals surface area contributed by atoms with E-state index in [0.29, 0.717) is 29.9 Å². The van der Waals surface area contributed by atoms with Gasteiger partial charge in [-0.3, -0.25) is 10.1 Å². The van der Waals surface area contributed by atoms with Crippen LogP contribution in [0.5, 0.6) is 0 Å². The Morgan fingerprint density at radius 3 is 3.05 bits per heavy atom. The molecule has 0 saturated carbocycles. The Kier molecular flexibility index (Phi) is 4.08. The minimum atomic E-state index is -0.462. The molecule has 1 aromatic heterocycles. The third-order valence-corrected chi connectivity index (χ3v) is 3.91. The molecule has 8 heteroatoms. The highest BCUT2D eigenvalue weighted by Gasteiger charge is 2.21. The molecule has 1 fully saturated rings. The molecule has 1 aliphatic heterocycles. The van der Waals surface area contributed by atoms with E-state index in [1.54, 1.807) is 0 Å². The summed E-state index contributed by atoms with van der Waals surface area (Å²) in [7, 11) is 0. The van der Waals surface area contributed by atoms with Crippen molar-refractivity contribution in [1.82, 2.24) is 9.97 Å². The Hall–Kier alpha value is -1.99. The fourth-order valence-corrected chi connectivity index (χ4v) is 2.90. The second-order valence-electron chi connectivity index (χ2n) is 5.26. The molecule has 3 rings (SSSR count). The van der Waals surface area contributed by atoms with Gasteiger partial charge in [-0.15, -0.1) is 0 Å². The minimum Gasteiger partial charge on any atom is -0.377 e. The van der Waals surface area contributed by atoms with Gasteiger partial charge in [-0.2, -0.15) is 0 Å². The lowest BCUT2D eigenvalue weighted by atomic mass is 10.2. The van der Waals surface area contributed by atoms with Crippen LogP contribution in [0.4, 0.5) is 11.5 Å². The van der Waals surface area contributed by atoms with Crippen LogP contribution in [0.25, 0.3) is 10.9 Å². The number of ether oxygens (including phenoxy) is 1. The van der Waals surface area contributed by atoms with Gasteiger partial charge in [-0.05, 0) is 13.3 Å². The molecule has 1 aromatic carbocycles. The van der Waals surface area contributed by atoms with Crippen LogP contribution < -0.4 is 4.90 Å². The predicted octanol–water partition coefficient (Wildman–Crippen LogP) is 2.81. The lowest BCUT2D eigenvalue weighted by Crippen LogP contribution is -2.31. The maximum absolute atomic E-state index is 11.1. The van der Waals surface area contributed by atoms with E-state index in [1.807, 2.05) is 6.92 Å². The number of fused-ring (bicyclic) bond motifs is 1. The summed E-state index contributed by atoms with van der Waals surface area (Å²) in [4.78, 5) is 21.2. The summed E-state index contributed by atoms with van der Waals surface area (Å²) in [6.45, 7) is 4.14. The average molecular weight is 323 g/mol. The SMILES string of the molecule is C[C@H]1CN(c2ncnc3c(Cl)cc([N+](=O)[O-])cc23)CCCO1. The lowest BCUT2D eigenvalue weighted by molar-refractivity contribution is -0.384. The second kappa shape index (κ2) is 6.02. The summed E-state index contributed by atoms with van der Waals surface area (Å²) in [6.07, 6.45) is 2.38. The molecule has 1 saturated heterocycles. The number of nitrogens with zero attached hydrogens (tertiary/aromatic N) is 4. The number of rotatable bonds is 2. The molecule has 0 aliphatic carbocycles. The molecule has 0 radical (unpaired) electrons. The van der Waals surface area contributed by atoms with E-state index in [-0.39, 0.29) is 16.8 Å². The fourth-order valence-electron chi connectivity index (χ4n) is 2.64. The number of aromatic nitrogens is 2. The van der Waals surface area contributed by atoms with Gasteiger partial charge in [-0.25, -0.2) is 9.97 Å². The van der Waals surface area contributed by atoms with Crippen LogP contribution in [0, 0.1) is 10.1 Å². The average Bonchev–Trinajstić information content (AvgIpc) is 2.71. The molecule has 1 aliphatic rings. The third kappa shape index (κ3) is 2.82. The zero-order chi connectivity index (χ0) is 15.7. The van der Waals surface area contributed by atoms with Gasteiger partial charge in [0.25, 0.3) is 5.69 Å². The number of hydrogen-bond donors (Lipinski definition) is 0. The Bertz CT molecular complexity index is 725. The summed E-state index contributed by atoms with van der Waals surface area (Å²) < 4.78 is 5.63. The van der Waals surface area contributed by atoms with Gasteiger partial charge >= 0.3 is 0 Å². The largest absolute Gasteiger partial charge is 0.377 e. The zero-order valence-electron chi connectivity index (χ0n) is 12.0. The minimum absolute atomic E-state index is 0.0623. The summed E-state index contributed by atoms with van der Waals surface area (Å²) >= 11 is 6.14. The summed E-state index contributed by atoms with van der Waals surface area (Å²) in [5.74, 6) is 0.660. The Morgan fingerprint density at radius 2 is 2.27 bits per heavy atom. The van der Waals surface area contributed by atoms with Gasteiger partial charge in [0.15, 0.2) is 0 Å². The van der Waals surface area contributed by atoms with Crippen molar-refractivity contribution >= 4 is 34.0 Å². The van der Waals surface area contributed by atoms with Gasteiger partial charge in [0.1, 0.15) is 12.1 Å². The number of benzene rings is 1. The zero-order valence-corrected chi connectivity index (χ0v) is 12.8. The molecule has 1 atom stereocenters. The van der Waals surface area contributed by atoms with Gasteiger partial charge in [0, 0.05) is 31.8 Å². The number of non-ortho nitro benzene ring substituents is 1. The Balaban J connectivity index is 2.14. The van der Waals surface area contributed by atoms with Crippen LogP contribution in [0.15, 0.2) is 18.5 Å². The summed E-state index contributed by atoms with van der Waals surface area (Å²) in [6, 6.07) is 2.79. The number of nitro benzene ring substituents is 1. The highest BCUT2D eigenvalue weighted by atomic mass is 35.5. The first kappa shape index (κ1) is 14.9. The number of anilines is 1. The molecule has 0 amide bonds. The highest BCUT2D eigenvalue weighted by molar-refractivity contribution is 6.35. The smallest absolute Gasteiger partial charge is 0.271 e. The van der Waals surface area contributed by atoms with E-state index in [1.165, 1.54) is 18.5 Å². The molecule has 7 nitrogen and oxygen atoms in total. The van der Waals surface area contributed by atoms with Crippen LogP contribution in [-0.4, -0.2) is 40.7 Å². The molecule has 0 N–H and O–H groups in total. The molecule has 2 heterocycles. The van der Waals surface area contributed by atoms with E-state index in [4.69, 9.17) is 16.3 Å². The molecule has 0 spiro atoms. The van der Waals surface area contributed by atoms with E-state index in [0.717, 1.165) is 13.0 Å². The van der Waals surface area contributed by atoms with Crippen LogP contribution in [0.2, 0.25) is 5.02 Å². The first-order valence-corrected chi connectivity index (χ1v) is 7.39. The van der Waals surface area contributed by atoms with Crippen molar-refractivity contribution in [3.05, 3.63) is 33.6 Å². The number of halogens is 1. The molecule has 2 aromatic rings. The molecule has 116 valence electrons. The van der Waals surface area contributed by atoms with E-state index in [2.05, 4.69) is 14.9 Å². The second-order valence-corrected chi connectivity index (χ2v) is 5.67. The van der Waals surface area contributed by atoms with E-state index < -0.39 is 4.92 Å². The van der Waals surface area contributed by atoms with Gasteiger partial charge in [0.05, 0.1) is 27.0 Å². The van der Waals surface area contributed by atoms with Crippen molar-refractivity contribution in [3.63, 3.8) is 0 Å².